The topological polar surface area (TPSA) is 253 Å². The Labute approximate surface area is 316 Å². The van der Waals surface area contributed by atoms with Crippen LogP contribution in [0.2, 0.25) is 0 Å². The number of aliphatic carboxylic acids is 1. The number of rotatable bonds is 21. The zero-order valence-electron chi connectivity index (χ0n) is 32.2. The second-order valence-corrected chi connectivity index (χ2v) is 14.5. The van der Waals surface area contributed by atoms with Crippen LogP contribution in [0, 0.1) is 17.8 Å². The number of imidazole rings is 1. The summed E-state index contributed by atoms with van der Waals surface area (Å²) in [6.45, 7) is 12.5. The molecule has 0 fully saturated rings. The fourth-order valence-corrected chi connectivity index (χ4v) is 5.99. The average Bonchev–Trinajstić information content (AvgIpc) is 3.80. The summed E-state index contributed by atoms with van der Waals surface area (Å²) in [5, 5.41) is 24.3. The van der Waals surface area contributed by atoms with Crippen molar-refractivity contribution in [2.24, 2.45) is 23.5 Å². The number of para-hydroxylation sites is 1. The molecule has 0 radical (unpaired) electrons. The van der Waals surface area contributed by atoms with E-state index in [1.165, 1.54) is 13.3 Å². The highest BCUT2D eigenvalue weighted by atomic mass is 16.4. The van der Waals surface area contributed by atoms with Crippen LogP contribution in [0.5, 0.6) is 0 Å². The van der Waals surface area contributed by atoms with Crippen LogP contribution in [0.4, 0.5) is 0 Å². The monoisotopic (exact) mass is 751 g/mol. The van der Waals surface area contributed by atoms with Crippen molar-refractivity contribution < 1.29 is 33.9 Å². The number of carboxylic acids is 1. The molecule has 16 nitrogen and oxygen atoms in total. The number of amides is 5. The first-order valence-electron chi connectivity index (χ1n) is 18.6. The van der Waals surface area contributed by atoms with Crippen LogP contribution in [0.25, 0.3) is 10.9 Å². The molecule has 1 aromatic carbocycles. The number of carbonyl (C=O) groups excluding carboxylic acids is 5. The predicted molar refractivity (Wildman–Crippen MR) is 204 cm³/mol. The van der Waals surface area contributed by atoms with E-state index in [1.807, 2.05) is 52.0 Å². The molecule has 296 valence electrons. The molecule has 8 unspecified atom stereocenters. The summed E-state index contributed by atoms with van der Waals surface area (Å²) in [7, 11) is 0. The number of nitrogens with zero attached hydrogens (tertiary/aromatic N) is 1. The smallest absolute Gasteiger partial charge is 0.326 e. The van der Waals surface area contributed by atoms with E-state index in [2.05, 4.69) is 41.5 Å². The molecule has 0 saturated carbocycles. The van der Waals surface area contributed by atoms with E-state index in [0.717, 1.165) is 16.5 Å². The number of nitrogens with two attached hydrogens (primary N) is 1. The van der Waals surface area contributed by atoms with E-state index in [4.69, 9.17) is 5.73 Å². The fraction of sp³-hybridized carbons (Fsp3) is 0.553. The van der Waals surface area contributed by atoms with Crippen LogP contribution in [-0.4, -0.2) is 91.8 Å². The van der Waals surface area contributed by atoms with Crippen molar-refractivity contribution in [2.45, 2.75) is 117 Å². The van der Waals surface area contributed by atoms with Crippen molar-refractivity contribution in [3.63, 3.8) is 0 Å². The molecule has 8 atom stereocenters. The Morgan fingerprint density at radius 3 is 1.91 bits per heavy atom. The van der Waals surface area contributed by atoms with Crippen molar-refractivity contribution in [3.8, 4) is 0 Å². The molecule has 0 bridgehead atoms. The number of carbonyl (C=O) groups is 6. The Bertz CT molecular complexity index is 1720. The first-order chi connectivity index (χ1) is 25.6. The van der Waals surface area contributed by atoms with E-state index in [0.29, 0.717) is 18.5 Å². The predicted octanol–water partition coefficient (Wildman–Crippen LogP) is 1.67. The third-order valence-electron chi connectivity index (χ3n) is 9.72. The largest absolute Gasteiger partial charge is 0.480 e. The van der Waals surface area contributed by atoms with E-state index >= 15 is 0 Å². The van der Waals surface area contributed by atoms with E-state index in [1.54, 1.807) is 26.2 Å². The molecule has 54 heavy (non-hydrogen) atoms. The lowest BCUT2D eigenvalue weighted by molar-refractivity contribution is -0.142. The van der Waals surface area contributed by atoms with Gasteiger partial charge >= 0.3 is 5.97 Å². The summed E-state index contributed by atoms with van der Waals surface area (Å²) in [6.07, 6.45) is 6.21. The highest BCUT2D eigenvalue weighted by Crippen LogP contribution is 2.20. The van der Waals surface area contributed by atoms with E-state index < -0.39 is 71.8 Å². The number of benzene rings is 1. The summed E-state index contributed by atoms with van der Waals surface area (Å²) in [5.74, 6) is -5.05. The summed E-state index contributed by atoms with van der Waals surface area (Å²) < 4.78 is 0. The molecule has 0 saturated heterocycles. The number of fused-ring (bicyclic) bond motifs is 1. The quantitative estimate of drug-likeness (QED) is 0.0767. The average molecular weight is 752 g/mol. The van der Waals surface area contributed by atoms with Gasteiger partial charge in [0.25, 0.3) is 0 Å². The van der Waals surface area contributed by atoms with Gasteiger partial charge in [-0.2, -0.15) is 0 Å². The standard InChI is InChI=1S/C38H57N9O7/c1-8-21(5)31(36(51)45-30(38(53)54)15-24-17-41-28-13-11-10-12-26(24)28)47-37(52)32(22(6)9-2)46-33(48)23(7)43-35(50)29(14-20(3)4)44-34(49)27(39)16-25-18-40-19-42-25/h10-13,17-23,27,29-32,41H,8-9,14-16,39H2,1-7H3,(H,40,42)(H,43,50)(H,44,49)(H,45,51)(H,46,48)(H,47,52)(H,53,54). The van der Waals surface area contributed by atoms with Crippen molar-refractivity contribution in [1.82, 2.24) is 41.5 Å². The van der Waals surface area contributed by atoms with Gasteiger partial charge in [0.1, 0.15) is 30.2 Å². The first kappa shape index (κ1) is 43.2. The first-order valence-corrected chi connectivity index (χ1v) is 18.6. The second kappa shape index (κ2) is 20.3. The molecule has 2 aromatic heterocycles. The van der Waals surface area contributed by atoms with Gasteiger partial charge in [0.2, 0.25) is 29.5 Å². The van der Waals surface area contributed by atoms with Crippen molar-refractivity contribution in [1.29, 1.82) is 0 Å². The molecule has 3 aromatic rings. The van der Waals surface area contributed by atoms with Crippen LogP contribution in [-0.2, 0) is 41.6 Å². The minimum Gasteiger partial charge on any atom is -0.480 e. The highest BCUT2D eigenvalue weighted by molar-refractivity contribution is 5.96. The van der Waals surface area contributed by atoms with Gasteiger partial charge in [0, 0.05) is 41.8 Å². The summed E-state index contributed by atoms with van der Waals surface area (Å²) in [5.41, 5.74) is 8.29. The minimum absolute atomic E-state index is 0.0150. The molecular formula is C38H57N9O7. The normalized spacial score (nSPS) is 15.9. The SMILES string of the molecule is CCC(C)C(NC(=O)C(C)NC(=O)C(CC(C)C)NC(=O)C(N)Cc1cnc[nH]1)C(=O)NC(C(=O)NC(Cc1c[nH]c2ccccc12)C(=O)O)C(C)CC. The minimum atomic E-state index is -1.27. The van der Waals surface area contributed by atoms with Crippen LogP contribution < -0.4 is 32.3 Å². The van der Waals surface area contributed by atoms with Gasteiger partial charge < -0.3 is 47.4 Å². The Balaban J connectivity index is 1.69. The maximum Gasteiger partial charge on any atom is 0.326 e. The third kappa shape index (κ3) is 12.1. The number of nitrogens with one attached hydrogen (secondary N) is 7. The van der Waals surface area contributed by atoms with Gasteiger partial charge in [-0.05, 0) is 42.7 Å². The Kier molecular flexibility index (Phi) is 16.2. The molecular weight excluding hydrogens is 694 g/mol. The maximum atomic E-state index is 13.8. The van der Waals surface area contributed by atoms with E-state index in [9.17, 15) is 33.9 Å². The molecule has 10 N–H and O–H groups in total. The molecule has 0 aliphatic carbocycles. The number of aromatic nitrogens is 3. The highest BCUT2D eigenvalue weighted by Gasteiger charge is 2.35. The number of hydrogen-bond donors (Lipinski definition) is 9. The van der Waals surface area contributed by atoms with Gasteiger partial charge in [-0.25, -0.2) is 9.78 Å². The van der Waals surface area contributed by atoms with Crippen LogP contribution in [0.3, 0.4) is 0 Å². The summed E-state index contributed by atoms with van der Waals surface area (Å²) >= 11 is 0. The molecule has 2 heterocycles. The summed E-state index contributed by atoms with van der Waals surface area (Å²) in [6, 6.07) is 0.949. The molecule has 5 amide bonds. The lowest BCUT2D eigenvalue weighted by Gasteiger charge is -2.30. The molecule has 0 spiro atoms. The van der Waals surface area contributed by atoms with Crippen LogP contribution >= 0.6 is 0 Å². The second-order valence-electron chi connectivity index (χ2n) is 14.5. The maximum absolute atomic E-state index is 13.8. The van der Waals surface area contributed by atoms with Gasteiger partial charge in [0.05, 0.1) is 12.4 Å². The van der Waals surface area contributed by atoms with E-state index in [-0.39, 0.29) is 37.0 Å². The number of aromatic amines is 2. The number of hydrogen-bond acceptors (Lipinski definition) is 8. The lowest BCUT2D eigenvalue weighted by atomic mass is 9.94. The Morgan fingerprint density at radius 1 is 0.741 bits per heavy atom. The van der Waals surface area contributed by atoms with Gasteiger partial charge in [-0.3, -0.25) is 24.0 Å². The van der Waals surface area contributed by atoms with Crippen molar-refractivity contribution in [2.75, 3.05) is 0 Å². The van der Waals surface area contributed by atoms with Crippen molar-refractivity contribution >= 4 is 46.4 Å². The Hall–Kier alpha value is -5.25. The molecule has 3 rings (SSSR count). The van der Waals surface area contributed by atoms with Gasteiger partial charge in [0.15, 0.2) is 0 Å². The number of carboxylic acid groups (broad SMARTS) is 1. The molecule has 0 aliphatic rings. The third-order valence-corrected chi connectivity index (χ3v) is 9.72. The van der Waals surface area contributed by atoms with Crippen LogP contribution in [0.15, 0.2) is 43.0 Å². The van der Waals surface area contributed by atoms with Crippen molar-refractivity contribution in [3.05, 3.63) is 54.2 Å². The zero-order chi connectivity index (χ0) is 40.1. The fourth-order valence-electron chi connectivity index (χ4n) is 5.99. The summed E-state index contributed by atoms with van der Waals surface area (Å²) in [4.78, 5) is 89.5. The molecule has 16 heteroatoms. The lowest BCUT2D eigenvalue weighted by Crippen LogP contribution is -2.61. The van der Waals surface area contributed by atoms with Gasteiger partial charge in [-0.1, -0.05) is 72.6 Å². The van der Waals surface area contributed by atoms with Gasteiger partial charge in [-0.15, -0.1) is 0 Å². The van der Waals surface area contributed by atoms with Crippen LogP contribution in [0.1, 0.15) is 79.0 Å². The Morgan fingerprint density at radius 2 is 1.33 bits per heavy atom. The molecule has 0 aliphatic heterocycles. The zero-order valence-corrected chi connectivity index (χ0v) is 32.2. The number of H-pyrrole nitrogens is 2.